The first-order chi connectivity index (χ1) is 8.02. The highest BCUT2D eigenvalue weighted by molar-refractivity contribution is 4.80. The van der Waals surface area contributed by atoms with Crippen LogP contribution >= 0.6 is 0 Å². The van der Waals surface area contributed by atoms with Gasteiger partial charge in [-0.1, -0.05) is 13.8 Å². The smallest absolute Gasteiger partial charge is 0.0596 e. The molecular formula is C15H34N2O. The van der Waals surface area contributed by atoms with E-state index in [-0.39, 0.29) is 11.0 Å². The van der Waals surface area contributed by atoms with Crippen LogP contribution in [0, 0.1) is 5.41 Å². The SMILES string of the molecule is CC(C)OCCN(C)CC(C)(C)CNC(C)(C)C. The molecule has 1 N–H and O–H groups in total. The number of rotatable bonds is 8. The fourth-order valence-corrected chi connectivity index (χ4v) is 1.81. The maximum Gasteiger partial charge on any atom is 0.0596 e. The van der Waals surface area contributed by atoms with Crippen LogP contribution in [0.15, 0.2) is 0 Å². The standard InChI is InChI=1S/C15H34N2O/c1-13(2)18-10-9-17(8)12-15(6,7)11-16-14(3,4)5/h13,16H,9-12H2,1-8H3. The van der Waals surface area contributed by atoms with Crippen molar-refractivity contribution in [3.8, 4) is 0 Å². The van der Waals surface area contributed by atoms with Crippen LogP contribution in [0.3, 0.4) is 0 Å². The average molecular weight is 258 g/mol. The highest BCUT2D eigenvalue weighted by atomic mass is 16.5. The average Bonchev–Trinajstić information content (AvgIpc) is 2.12. The molecule has 0 radical (unpaired) electrons. The van der Waals surface area contributed by atoms with Gasteiger partial charge in [-0.3, -0.25) is 0 Å². The van der Waals surface area contributed by atoms with Crippen molar-refractivity contribution >= 4 is 0 Å². The van der Waals surface area contributed by atoms with E-state index in [4.69, 9.17) is 4.74 Å². The van der Waals surface area contributed by atoms with E-state index < -0.39 is 0 Å². The van der Waals surface area contributed by atoms with Crippen molar-refractivity contribution < 1.29 is 4.74 Å². The zero-order chi connectivity index (χ0) is 14.4. The molecule has 0 fully saturated rings. The van der Waals surface area contributed by atoms with E-state index in [2.05, 4.69) is 65.7 Å². The number of hydrogen-bond donors (Lipinski definition) is 1. The van der Waals surface area contributed by atoms with Gasteiger partial charge < -0.3 is 15.0 Å². The summed E-state index contributed by atoms with van der Waals surface area (Å²) in [6.07, 6.45) is 0.328. The molecule has 0 aromatic carbocycles. The van der Waals surface area contributed by atoms with Gasteiger partial charge in [0.05, 0.1) is 12.7 Å². The Bertz CT molecular complexity index is 219. The number of nitrogens with one attached hydrogen (secondary N) is 1. The molecule has 3 nitrogen and oxygen atoms in total. The van der Waals surface area contributed by atoms with Crippen molar-refractivity contribution in [1.82, 2.24) is 10.2 Å². The molecule has 0 amide bonds. The monoisotopic (exact) mass is 258 g/mol. The Kier molecular flexibility index (Phi) is 7.41. The van der Waals surface area contributed by atoms with Crippen molar-refractivity contribution in [2.24, 2.45) is 5.41 Å². The summed E-state index contributed by atoms with van der Waals surface area (Å²) in [6.45, 7) is 19.3. The zero-order valence-corrected chi connectivity index (χ0v) is 13.8. The summed E-state index contributed by atoms with van der Waals surface area (Å²) in [7, 11) is 2.17. The Labute approximate surface area is 114 Å². The molecule has 0 unspecified atom stereocenters. The van der Waals surface area contributed by atoms with E-state index in [1.54, 1.807) is 0 Å². The van der Waals surface area contributed by atoms with Gasteiger partial charge in [0.1, 0.15) is 0 Å². The maximum absolute atomic E-state index is 5.58. The fraction of sp³-hybridized carbons (Fsp3) is 1.00. The second-order valence-corrected chi connectivity index (χ2v) is 7.43. The molecule has 0 aliphatic carbocycles. The largest absolute Gasteiger partial charge is 0.377 e. The van der Waals surface area contributed by atoms with E-state index in [1.165, 1.54) is 0 Å². The summed E-state index contributed by atoms with van der Waals surface area (Å²) in [5.41, 5.74) is 0.469. The number of likely N-dealkylation sites (N-methyl/N-ethyl adjacent to an activating group) is 1. The Morgan fingerprint density at radius 1 is 1.11 bits per heavy atom. The lowest BCUT2D eigenvalue weighted by molar-refractivity contribution is 0.0566. The molecule has 0 aliphatic rings. The number of ether oxygens (including phenoxy) is 1. The lowest BCUT2D eigenvalue weighted by atomic mass is 9.91. The van der Waals surface area contributed by atoms with Crippen LogP contribution in [0.5, 0.6) is 0 Å². The van der Waals surface area contributed by atoms with E-state index in [0.29, 0.717) is 6.10 Å². The molecule has 18 heavy (non-hydrogen) atoms. The molecule has 0 bridgehead atoms. The van der Waals surface area contributed by atoms with Crippen LogP contribution in [-0.4, -0.2) is 49.8 Å². The summed E-state index contributed by atoms with van der Waals surface area (Å²) < 4.78 is 5.58. The van der Waals surface area contributed by atoms with Crippen molar-refractivity contribution in [3.63, 3.8) is 0 Å². The van der Waals surface area contributed by atoms with Gasteiger partial charge in [0.2, 0.25) is 0 Å². The third kappa shape index (κ3) is 11.0. The van der Waals surface area contributed by atoms with Gasteiger partial charge in [-0.15, -0.1) is 0 Å². The molecule has 0 atom stereocenters. The maximum atomic E-state index is 5.58. The van der Waals surface area contributed by atoms with Gasteiger partial charge in [0.15, 0.2) is 0 Å². The molecule has 0 aliphatic heterocycles. The molecule has 0 saturated heterocycles. The van der Waals surface area contributed by atoms with Gasteiger partial charge in [0, 0.05) is 25.2 Å². The molecule has 0 saturated carbocycles. The van der Waals surface area contributed by atoms with E-state index >= 15 is 0 Å². The lowest BCUT2D eigenvalue weighted by Crippen LogP contribution is -2.46. The minimum absolute atomic E-state index is 0.191. The normalized spacial score (nSPS) is 13.7. The van der Waals surface area contributed by atoms with E-state index in [0.717, 1.165) is 26.2 Å². The minimum Gasteiger partial charge on any atom is -0.377 e. The molecule has 0 aromatic heterocycles. The Hall–Kier alpha value is -0.120. The van der Waals surface area contributed by atoms with Crippen LogP contribution in [-0.2, 0) is 4.74 Å². The van der Waals surface area contributed by atoms with E-state index in [1.807, 2.05) is 0 Å². The zero-order valence-electron chi connectivity index (χ0n) is 13.8. The van der Waals surface area contributed by atoms with Gasteiger partial charge in [0.25, 0.3) is 0 Å². The first-order valence-electron chi connectivity index (χ1n) is 7.07. The van der Waals surface area contributed by atoms with Crippen molar-refractivity contribution in [3.05, 3.63) is 0 Å². The van der Waals surface area contributed by atoms with Gasteiger partial charge in [-0.25, -0.2) is 0 Å². The quantitative estimate of drug-likeness (QED) is 0.724. The Morgan fingerprint density at radius 3 is 2.11 bits per heavy atom. The van der Waals surface area contributed by atoms with Crippen LogP contribution in [0.2, 0.25) is 0 Å². The summed E-state index contributed by atoms with van der Waals surface area (Å²) in [5, 5.41) is 3.58. The molecule has 0 aromatic rings. The molecular weight excluding hydrogens is 224 g/mol. The third-order valence-electron chi connectivity index (χ3n) is 2.72. The summed E-state index contributed by atoms with van der Waals surface area (Å²) in [6, 6.07) is 0. The van der Waals surface area contributed by atoms with Crippen LogP contribution in [0.25, 0.3) is 0 Å². The first-order valence-corrected chi connectivity index (χ1v) is 7.07. The second-order valence-electron chi connectivity index (χ2n) is 7.43. The second kappa shape index (κ2) is 7.46. The summed E-state index contributed by atoms with van der Waals surface area (Å²) in [5.74, 6) is 0. The minimum atomic E-state index is 0.191. The highest BCUT2D eigenvalue weighted by Crippen LogP contribution is 2.16. The van der Waals surface area contributed by atoms with Crippen molar-refractivity contribution in [2.75, 3.05) is 33.3 Å². The van der Waals surface area contributed by atoms with Crippen molar-refractivity contribution in [2.45, 2.75) is 60.1 Å². The third-order valence-corrected chi connectivity index (χ3v) is 2.72. The predicted octanol–water partition coefficient (Wildman–Crippen LogP) is 2.76. The topological polar surface area (TPSA) is 24.5 Å². The molecule has 0 spiro atoms. The Balaban J connectivity index is 3.92. The predicted molar refractivity (Wildman–Crippen MR) is 80.1 cm³/mol. The highest BCUT2D eigenvalue weighted by Gasteiger charge is 2.22. The molecule has 0 rings (SSSR count). The van der Waals surface area contributed by atoms with Gasteiger partial charge in [-0.2, -0.15) is 0 Å². The molecule has 0 heterocycles. The van der Waals surface area contributed by atoms with Crippen LogP contribution in [0.4, 0.5) is 0 Å². The number of hydrogen-bond acceptors (Lipinski definition) is 3. The van der Waals surface area contributed by atoms with E-state index in [9.17, 15) is 0 Å². The van der Waals surface area contributed by atoms with Crippen LogP contribution in [0.1, 0.15) is 48.5 Å². The van der Waals surface area contributed by atoms with Crippen LogP contribution < -0.4 is 5.32 Å². The van der Waals surface area contributed by atoms with Gasteiger partial charge in [-0.05, 0) is 47.1 Å². The summed E-state index contributed by atoms with van der Waals surface area (Å²) in [4.78, 5) is 2.35. The van der Waals surface area contributed by atoms with Crippen molar-refractivity contribution in [1.29, 1.82) is 0 Å². The molecule has 3 heteroatoms. The first kappa shape index (κ1) is 17.9. The van der Waals surface area contributed by atoms with Gasteiger partial charge >= 0.3 is 0 Å². The fourth-order valence-electron chi connectivity index (χ4n) is 1.81. The summed E-state index contributed by atoms with van der Waals surface area (Å²) >= 11 is 0. The number of nitrogens with zero attached hydrogens (tertiary/aromatic N) is 1. The Morgan fingerprint density at radius 2 is 1.67 bits per heavy atom. The molecule has 110 valence electrons. The lowest BCUT2D eigenvalue weighted by Gasteiger charge is -2.33.